The van der Waals surface area contributed by atoms with Crippen molar-refractivity contribution >= 4 is 27.3 Å². The van der Waals surface area contributed by atoms with Gasteiger partial charge in [-0.25, -0.2) is 4.98 Å². The van der Waals surface area contributed by atoms with Gasteiger partial charge in [0.1, 0.15) is 13.2 Å². The second-order valence-electron chi connectivity index (χ2n) is 8.21. The number of aromatic nitrogens is 1. The van der Waals surface area contributed by atoms with Crippen LogP contribution in [0.25, 0.3) is 10.2 Å². The first-order valence-electron chi connectivity index (χ1n) is 10.7. The number of ketones is 1. The zero-order valence-corrected chi connectivity index (χ0v) is 18.0. The van der Waals surface area contributed by atoms with Crippen molar-refractivity contribution in [2.75, 3.05) is 13.2 Å². The van der Waals surface area contributed by atoms with Crippen LogP contribution in [-0.4, -0.2) is 30.0 Å². The summed E-state index contributed by atoms with van der Waals surface area (Å²) in [4.78, 5) is 17.7. The summed E-state index contributed by atoms with van der Waals surface area (Å²) in [6.07, 6.45) is 3.88. The van der Waals surface area contributed by atoms with Gasteiger partial charge in [0.2, 0.25) is 0 Å². The van der Waals surface area contributed by atoms with Gasteiger partial charge >= 0.3 is 0 Å². The van der Waals surface area contributed by atoms with Crippen LogP contribution in [0.2, 0.25) is 0 Å². The van der Waals surface area contributed by atoms with E-state index in [2.05, 4.69) is 41.5 Å². The van der Waals surface area contributed by atoms with Crippen LogP contribution in [0.15, 0.2) is 36.4 Å². The van der Waals surface area contributed by atoms with Crippen molar-refractivity contribution in [1.82, 2.24) is 10.3 Å². The fourth-order valence-electron chi connectivity index (χ4n) is 4.39. The van der Waals surface area contributed by atoms with E-state index in [0.717, 1.165) is 59.5 Å². The lowest BCUT2D eigenvalue weighted by Gasteiger charge is -2.28. The Morgan fingerprint density at radius 3 is 2.70 bits per heavy atom. The molecule has 2 aliphatic rings. The molecule has 0 saturated heterocycles. The second-order valence-corrected chi connectivity index (χ2v) is 9.24. The maximum Gasteiger partial charge on any atom is 0.194 e. The minimum atomic E-state index is 0.0956. The van der Waals surface area contributed by atoms with Gasteiger partial charge in [-0.2, -0.15) is 0 Å². The first-order valence-corrected chi connectivity index (χ1v) is 11.5. The summed E-state index contributed by atoms with van der Waals surface area (Å²) in [5.74, 6) is 1.98. The highest BCUT2D eigenvalue weighted by Gasteiger charge is 2.28. The smallest absolute Gasteiger partial charge is 0.194 e. The largest absolute Gasteiger partial charge is 0.486 e. The molecule has 5 rings (SSSR count). The zero-order chi connectivity index (χ0) is 20.5. The van der Waals surface area contributed by atoms with E-state index in [1.807, 2.05) is 12.1 Å². The second kappa shape index (κ2) is 8.36. The number of benzene rings is 2. The van der Waals surface area contributed by atoms with Gasteiger partial charge in [-0.1, -0.05) is 18.2 Å². The van der Waals surface area contributed by atoms with E-state index in [4.69, 9.17) is 9.47 Å². The van der Waals surface area contributed by atoms with Gasteiger partial charge in [0, 0.05) is 18.5 Å². The van der Waals surface area contributed by atoms with Gasteiger partial charge < -0.3 is 14.8 Å². The summed E-state index contributed by atoms with van der Waals surface area (Å²) in [7, 11) is 0. The number of thiazole rings is 1. The molecule has 1 aliphatic heterocycles. The summed E-state index contributed by atoms with van der Waals surface area (Å²) in [5, 5.41) is 4.33. The fourth-order valence-corrected chi connectivity index (χ4v) is 5.45. The molecule has 5 nitrogen and oxygen atoms in total. The standard InChI is InChI=1S/C24H26N2O3S/c1-15-3-2-4-21-22(15)26-24(30-21)23(27)17-6-8-18(9-7-17)25-14-16-5-10-19-20(13-16)29-12-11-28-19/h2-5,10,13,17-18,25H,6-9,11-12,14H2,1H3. The molecule has 1 N–H and O–H groups in total. The SMILES string of the molecule is Cc1cccc2sc(C(=O)C3CCC(NCc4ccc5c(c4)OCCO5)CC3)nc12. The van der Waals surface area contributed by atoms with Crippen molar-refractivity contribution in [3.63, 3.8) is 0 Å². The van der Waals surface area contributed by atoms with E-state index < -0.39 is 0 Å². The number of para-hydroxylation sites is 1. The lowest BCUT2D eigenvalue weighted by molar-refractivity contribution is 0.0879. The summed E-state index contributed by atoms with van der Waals surface area (Å²) in [6, 6.07) is 12.7. The Bertz CT molecular complexity index is 1070. The molecule has 2 heterocycles. The quantitative estimate of drug-likeness (QED) is 0.592. The van der Waals surface area contributed by atoms with Gasteiger partial charge in [-0.15, -0.1) is 11.3 Å². The van der Waals surface area contributed by atoms with E-state index in [1.54, 1.807) is 0 Å². The van der Waals surface area contributed by atoms with Crippen LogP contribution in [-0.2, 0) is 6.54 Å². The van der Waals surface area contributed by atoms with Crippen molar-refractivity contribution in [1.29, 1.82) is 0 Å². The topological polar surface area (TPSA) is 60.5 Å². The number of rotatable bonds is 5. The molecule has 1 aromatic heterocycles. The third-order valence-corrected chi connectivity index (χ3v) is 7.17. The van der Waals surface area contributed by atoms with Gasteiger partial charge in [-0.05, 0) is 61.9 Å². The van der Waals surface area contributed by atoms with Gasteiger partial charge in [0.05, 0.1) is 10.2 Å². The molecule has 0 spiro atoms. The van der Waals surface area contributed by atoms with Crippen molar-refractivity contribution < 1.29 is 14.3 Å². The molecule has 30 heavy (non-hydrogen) atoms. The third-order valence-electron chi connectivity index (χ3n) is 6.13. The molecule has 0 unspecified atom stereocenters. The number of ether oxygens (including phenoxy) is 2. The average Bonchev–Trinajstić information content (AvgIpc) is 3.23. The maximum absolute atomic E-state index is 13.0. The van der Waals surface area contributed by atoms with Gasteiger partial charge in [-0.3, -0.25) is 4.79 Å². The van der Waals surface area contributed by atoms with E-state index in [-0.39, 0.29) is 11.7 Å². The molecule has 156 valence electrons. The van der Waals surface area contributed by atoms with Crippen LogP contribution < -0.4 is 14.8 Å². The Morgan fingerprint density at radius 2 is 1.90 bits per heavy atom. The highest BCUT2D eigenvalue weighted by Crippen LogP contribution is 2.33. The number of carbonyl (C=O) groups is 1. The molecular weight excluding hydrogens is 396 g/mol. The van der Waals surface area contributed by atoms with E-state index in [0.29, 0.717) is 24.3 Å². The highest BCUT2D eigenvalue weighted by molar-refractivity contribution is 7.20. The summed E-state index contributed by atoms with van der Waals surface area (Å²) >= 11 is 1.53. The van der Waals surface area contributed by atoms with E-state index in [9.17, 15) is 4.79 Å². The monoisotopic (exact) mass is 422 g/mol. The van der Waals surface area contributed by atoms with Crippen LogP contribution in [0.3, 0.4) is 0 Å². The van der Waals surface area contributed by atoms with Crippen molar-refractivity contribution in [3.8, 4) is 11.5 Å². The van der Waals surface area contributed by atoms with Crippen molar-refractivity contribution in [2.24, 2.45) is 5.92 Å². The number of Topliss-reactive ketones (excluding diaryl/α,β-unsaturated/α-hetero) is 1. The van der Waals surface area contributed by atoms with Crippen molar-refractivity contribution in [2.45, 2.75) is 45.2 Å². The molecule has 6 heteroatoms. The molecule has 0 amide bonds. The van der Waals surface area contributed by atoms with Crippen LogP contribution >= 0.6 is 11.3 Å². The van der Waals surface area contributed by atoms with Crippen LogP contribution in [0, 0.1) is 12.8 Å². The van der Waals surface area contributed by atoms with Crippen molar-refractivity contribution in [3.05, 3.63) is 52.5 Å². The van der Waals surface area contributed by atoms with Gasteiger partial charge in [0.15, 0.2) is 22.3 Å². The first kappa shape index (κ1) is 19.5. The highest BCUT2D eigenvalue weighted by atomic mass is 32.1. The predicted octanol–water partition coefficient (Wildman–Crippen LogP) is 4.91. The minimum Gasteiger partial charge on any atom is -0.486 e. The molecule has 1 saturated carbocycles. The number of carbonyl (C=O) groups excluding carboxylic acids is 1. The zero-order valence-electron chi connectivity index (χ0n) is 17.1. The van der Waals surface area contributed by atoms with Crippen LogP contribution in [0.5, 0.6) is 11.5 Å². The summed E-state index contributed by atoms with van der Waals surface area (Å²) in [6.45, 7) is 4.07. The molecule has 1 fully saturated rings. The number of fused-ring (bicyclic) bond motifs is 2. The number of nitrogens with zero attached hydrogens (tertiary/aromatic N) is 1. The number of hydrogen-bond acceptors (Lipinski definition) is 6. The predicted molar refractivity (Wildman–Crippen MR) is 119 cm³/mol. The van der Waals surface area contributed by atoms with E-state index in [1.165, 1.54) is 16.9 Å². The Morgan fingerprint density at radius 1 is 1.10 bits per heavy atom. The molecule has 3 aromatic rings. The number of hydrogen-bond donors (Lipinski definition) is 1. The minimum absolute atomic E-state index is 0.0956. The van der Waals surface area contributed by atoms with Gasteiger partial charge in [0.25, 0.3) is 0 Å². The van der Waals surface area contributed by atoms with Crippen LogP contribution in [0.4, 0.5) is 0 Å². The first-order chi connectivity index (χ1) is 14.7. The summed E-state index contributed by atoms with van der Waals surface area (Å²) < 4.78 is 12.4. The fraction of sp³-hybridized carbons (Fsp3) is 0.417. The van der Waals surface area contributed by atoms with Crippen LogP contribution in [0.1, 0.15) is 46.6 Å². The summed E-state index contributed by atoms with van der Waals surface area (Å²) in [5.41, 5.74) is 3.30. The Hall–Kier alpha value is -2.44. The molecular formula is C24H26N2O3S. The number of nitrogens with one attached hydrogen (secondary N) is 1. The Balaban J connectivity index is 1.16. The molecule has 0 radical (unpaired) electrons. The maximum atomic E-state index is 13.0. The molecule has 0 atom stereocenters. The Labute approximate surface area is 180 Å². The molecule has 0 bridgehead atoms. The Kier molecular flexibility index (Phi) is 5.44. The normalized spacial score (nSPS) is 21.0. The lowest BCUT2D eigenvalue weighted by Crippen LogP contribution is -2.34. The molecule has 1 aliphatic carbocycles. The third kappa shape index (κ3) is 3.94. The average molecular weight is 423 g/mol. The number of aryl methyl sites for hydroxylation is 1. The lowest BCUT2D eigenvalue weighted by atomic mass is 9.83. The van der Waals surface area contributed by atoms with E-state index >= 15 is 0 Å². The molecule has 2 aromatic carbocycles.